The topological polar surface area (TPSA) is 37.8 Å². The van der Waals surface area contributed by atoms with Crippen LogP contribution >= 0.6 is 11.3 Å². The summed E-state index contributed by atoms with van der Waals surface area (Å²) in [5.74, 6) is 1.48. The highest BCUT2D eigenvalue weighted by atomic mass is 32.1. The van der Waals surface area contributed by atoms with Crippen LogP contribution in [0, 0.1) is 5.92 Å². The fraction of sp³-hybridized carbons (Fsp3) is 0.385. The number of nitrogens with zero attached hydrogens (tertiary/aromatic N) is 2. The zero-order chi connectivity index (χ0) is 12.1. The molecule has 0 radical (unpaired) electrons. The Balaban J connectivity index is 2.02. The summed E-state index contributed by atoms with van der Waals surface area (Å²) in [7, 11) is 0. The van der Waals surface area contributed by atoms with E-state index in [4.69, 9.17) is 0 Å². The average molecular weight is 247 g/mol. The van der Waals surface area contributed by atoms with E-state index >= 15 is 0 Å². The molecular formula is C13H17N3S. The second kappa shape index (κ2) is 5.89. The summed E-state index contributed by atoms with van der Waals surface area (Å²) >= 11 is 1.67. The fourth-order valence-electron chi connectivity index (χ4n) is 1.51. The lowest BCUT2D eigenvalue weighted by Crippen LogP contribution is -2.19. The molecule has 0 aliphatic rings. The van der Waals surface area contributed by atoms with E-state index in [1.165, 1.54) is 0 Å². The third kappa shape index (κ3) is 3.61. The molecule has 0 unspecified atom stereocenters. The molecule has 0 amide bonds. The van der Waals surface area contributed by atoms with Crippen LogP contribution in [0.25, 0.3) is 10.7 Å². The van der Waals surface area contributed by atoms with Crippen LogP contribution in [0.3, 0.4) is 0 Å². The van der Waals surface area contributed by atoms with Gasteiger partial charge in [0, 0.05) is 12.7 Å². The molecule has 2 aromatic heterocycles. The van der Waals surface area contributed by atoms with Crippen molar-refractivity contribution < 1.29 is 0 Å². The number of rotatable bonds is 5. The fourth-order valence-corrected chi connectivity index (χ4v) is 2.17. The molecule has 0 saturated heterocycles. The van der Waals surface area contributed by atoms with Gasteiger partial charge in [-0.05, 0) is 30.0 Å². The van der Waals surface area contributed by atoms with Gasteiger partial charge in [0.1, 0.15) is 0 Å². The van der Waals surface area contributed by atoms with Gasteiger partial charge in [0.05, 0.1) is 10.6 Å². The number of nitrogens with one attached hydrogen (secondary N) is 1. The maximum absolute atomic E-state index is 4.55. The predicted octanol–water partition coefficient (Wildman–Crippen LogP) is 2.95. The van der Waals surface area contributed by atoms with Crippen molar-refractivity contribution in [2.24, 2.45) is 5.92 Å². The lowest BCUT2D eigenvalue weighted by Gasteiger charge is -2.07. The molecule has 0 bridgehead atoms. The van der Waals surface area contributed by atoms with Gasteiger partial charge in [0.2, 0.25) is 0 Å². The molecular weight excluding hydrogens is 230 g/mol. The van der Waals surface area contributed by atoms with E-state index < -0.39 is 0 Å². The first kappa shape index (κ1) is 12.2. The normalized spacial score (nSPS) is 11.0. The highest BCUT2D eigenvalue weighted by Gasteiger charge is 2.03. The molecule has 0 spiro atoms. The first-order chi connectivity index (χ1) is 8.25. The minimum atomic E-state index is 0.661. The average Bonchev–Trinajstić information content (AvgIpc) is 2.82. The number of aromatic nitrogens is 2. The monoisotopic (exact) mass is 247 g/mol. The Bertz CT molecular complexity index is 451. The van der Waals surface area contributed by atoms with Crippen molar-refractivity contribution in [3.8, 4) is 10.7 Å². The summed E-state index contributed by atoms with van der Waals surface area (Å²) in [6, 6.07) is 6.03. The summed E-state index contributed by atoms with van der Waals surface area (Å²) < 4.78 is 0. The number of thiophene rings is 1. The van der Waals surface area contributed by atoms with Crippen molar-refractivity contribution in [1.82, 2.24) is 15.3 Å². The third-order valence-electron chi connectivity index (χ3n) is 2.31. The van der Waals surface area contributed by atoms with E-state index in [0.717, 1.165) is 29.5 Å². The maximum Gasteiger partial charge on any atom is 0.169 e. The van der Waals surface area contributed by atoms with Crippen molar-refractivity contribution in [2.45, 2.75) is 20.4 Å². The first-order valence-electron chi connectivity index (χ1n) is 5.82. The van der Waals surface area contributed by atoms with Crippen molar-refractivity contribution in [3.63, 3.8) is 0 Å². The summed E-state index contributed by atoms with van der Waals surface area (Å²) in [6.07, 6.45) is 1.83. The summed E-state index contributed by atoms with van der Waals surface area (Å²) in [5.41, 5.74) is 1.05. The standard InChI is InChI=1S/C13H17N3S/c1-10(2)8-14-9-11-5-6-15-13(16-11)12-4-3-7-17-12/h3-7,10,14H,8-9H2,1-2H3. The summed E-state index contributed by atoms with van der Waals surface area (Å²) in [6.45, 7) is 6.21. The van der Waals surface area contributed by atoms with Crippen molar-refractivity contribution in [3.05, 3.63) is 35.5 Å². The molecule has 0 aliphatic carbocycles. The van der Waals surface area contributed by atoms with Crippen LogP contribution in [-0.2, 0) is 6.54 Å². The smallest absolute Gasteiger partial charge is 0.169 e. The molecule has 0 aliphatic heterocycles. The zero-order valence-corrected chi connectivity index (χ0v) is 11.0. The zero-order valence-electron chi connectivity index (χ0n) is 10.2. The molecule has 4 heteroatoms. The van der Waals surface area contributed by atoms with Gasteiger partial charge in [-0.15, -0.1) is 11.3 Å². The second-order valence-electron chi connectivity index (χ2n) is 4.37. The van der Waals surface area contributed by atoms with E-state index in [1.54, 1.807) is 11.3 Å². The van der Waals surface area contributed by atoms with Gasteiger partial charge in [-0.25, -0.2) is 9.97 Å². The van der Waals surface area contributed by atoms with Crippen LogP contribution < -0.4 is 5.32 Å². The van der Waals surface area contributed by atoms with Crippen LogP contribution in [0.2, 0.25) is 0 Å². The van der Waals surface area contributed by atoms with Crippen LogP contribution in [0.4, 0.5) is 0 Å². The first-order valence-corrected chi connectivity index (χ1v) is 6.70. The molecule has 2 aromatic rings. The van der Waals surface area contributed by atoms with Gasteiger partial charge in [-0.1, -0.05) is 19.9 Å². The molecule has 3 nitrogen and oxygen atoms in total. The summed E-state index contributed by atoms with van der Waals surface area (Å²) in [5, 5.41) is 5.43. The molecule has 0 atom stereocenters. The van der Waals surface area contributed by atoms with E-state index in [1.807, 2.05) is 29.8 Å². The molecule has 2 heterocycles. The van der Waals surface area contributed by atoms with E-state index in [0.29, 0.717) is 5.92 Å². The van der Waals surface area contributed by atoms with Crippen LogP contribution in [0.15, 0.2) is 29.8 Å². The highest BCUT2D eigenvalue weighted by Crippen LogP contribution is 2.20. The maximum atomic E-state index is 4.55. The Morgan fingerprint density at radius 3 is 2.94 bits per heavy atom. The lowest BCUT2D eigenvalue weighted by atomic mass is 10.2. The molecule has 0 saturated carbocycles. The van der Waals surface area contributed by atoms with Crippen LogP contribution in [-0.4, -0.2) is 16.5 Å². The Hall–Kier alpha value is -1.26. The van der Waals surface area contributed by atoms with Gasteiger partial charge in [0.15, 0.2) is 5.82 Å². The Morgan fingerprint density at radius 2 is 2.24 bits per heavy atom. The Labute approximate surface area is 106 Å². The van der Waals surface area contributed by atoms with Gasteiger partial charge in [-0.3, -0.25) is 0 Å². The second-order valence-corrected chi connectivity index (χ2v) is 5.32. The lowest BCUT2D eigenvalue weighted by molar-refractivity contribution is 0.548. The Kier molecular flexibility index (Phi) is 4.23. The van der Waals surface area contributed by atoms with Crippen molar-refractivity contribution in [1.29, 1.82) is 0 Å². The molecule has 0 fully saturated rings. The van der Waals surface area contributed by atoms with Gasteiger partial charge >= 0.3 is 0 Å². The molecule has 17 heavy (non-hydrogen) atoms. The Morgan fingerprint density at radius 1 is 1.35 bits per heavy atom. The third-order valence-corrected chi connectivity index (χ3v) is 3.18. The van der Waals surface area contributed by atoms with E-state index in [-0.39, 0.29) is 0 Å². The van der Waals surface area contributed by atoms with Crippen molar-refractivity contribution in [2.75, 3.05) is 6.54 Å². The van der Waals surface area contributed by atoms with Crippen LogP contribution in [0.5, 0.6) is 0 Å². The largest absolute Gasteiger partial charge is 0.311 e. The number of hydrogen-bond donors (Lipinski definition) is 1. The van der Waals surface area contributed by atoms with Gasteiger partial charge in [0.25, 0.3) is 0 Å². The SMILES string of the molecule is CC(C)CNCc1ccnc(-c2cccs2)n1. The minimum absolute atomic E-state index is 0.661. The highest BCUT2D eigenvalue weighted by molar-refractivity contribution is 7.13. The van der Waals surface area contributed by atoms with Gasteiger partial charge in [-0.2, -0.15) is 0 Å². The quantitative estimate of drug-likeness (QED) is 0.882. The number of hydrogen-bond acceptors (Lipinski definition) is 4. The summed E-state index contributed by atoms with van der Waals surface area (Å²) in [4.78, 5) is 9.97. The predicted molar refractivity (Wildman–Crippen MR) is 71.9 cm³/mol. The molecule has 0 aromatic carbocycles. The molecule has 90 valence electrons. The van der Waals surface area contributed by atoms with Crippen LogP contribution in [0.1, 0.15) is 19.5 Å². The van der Waals surface area contributed by atoms with Crippen molar-refractivity contribution >= 4 is 11.3 Å². The van der Waals surface area contributed by atoms with Gasteiger partial charge < -0.3 is 5.32 Å². The molecule has 1 N–H and O–H groups in total. The minimum Gasteiger partial charge on any atom is -0.311 e. The van der Waals surface area contributed by atoms with E-state index in [9.17, 15) is 0 Å². The molecule has 2 rings (SSSR count). The van der Waals surface area contributed by atoms with E-state index in [2.05, 4.69) is 29.1 Å².